The summed E-state index contributed by atoms with van der Waals surface area (Å²) in [5, 5.41) is 1.97. The van der Waals surface area contributed by atoms with Crippen LogP contribution in [0.3, 0.4) is 0 Å². The predicted molar refractivity (Wildman–Crippen MR) is 88.5 cm³/mol. The van der Waals surface area contributed by atoms with E-state index < -0.39 is 10.2 Å². The topological polar surface area (TPSA) is 40.6 Å². The second-order valence-corrected chi connectivity index (χ2v) is 8.50. The van der Waals surface area contributed by atoms with E-state index in [1.54, 1.807) is 28.8 Å². The Morgan fingerprint density at radius 1 is 1.38 bits per heavy atom. The smallest absolute Gasteiger partial charge is 0.195 e. The summed E-state index contributed by atoms with van der Waals surface area (Å²) in [6.07, 6.45) is 7.05. The Kier molecular flexibility index (Phi) is 5.98. The quantitative estimate of drug-likeness (QED) is 0.721. The van der Waals surface area contributed by atoms with E-state index in [1.807, 2.05) is 17.5 Å². The maximum Gasteiger partial charge on any atom is 0.282 e. The lowest BCUT2D eigenvalue weighted by molar-refractivity contribution is 0.265. The number of nitrogens with zero attached hydrogens (tertiary/aromatic N) is 2. The Labute approximate surface area is 132 Å². The third-order valence-electron chi connectivity index (χ3n) is 4.02. The van der Waals surface area contributed by atoms with Crippen molar-refractivity contribution >= 4 is 21.5 Å². The summed E-state index contributed by atoms with van der Waals surface area (Å²) in [7, 11) is -1.72. The lowest BCUT2D eigenvalue weighted by atomic mass is 9.96. The van der Waals surface area contributed by atoms with Gasteiger partial charge in [-0.05, 0) is 24.3 Å². The molecule has 1 heterocycles. The van der Waals surface area contributed by atoms with Crippen molar-refractivity contribution in [2.24, 2.45) is 0 Å². The molecule has 0 spiro atoms. The fraction of sp³-hybridized carbons (Fsp3) is 0.600. The zero-order chi connectivity index (χ0) is 15.3. The van der Waals surface area contributed by atoms with Crippen LogP contribution in [0.25, 0.3) is 0 Å². The summed E-state index contributed by atoms with van der Waals surface area (Å²) in [6, 6.07) is 4.06. The van der Waals surface area contributed by atoms with Crippen molar-refractivity contribution in [1.29, 1.82) is 0 Å². The molecule has 118 valence electrons. The first kappa shape index (κ1) is 16.7. The molecule has 21 heavy (non-hydrogen) atoms. The minimum Gasteiger partial charge on any atom is -0.195 e. The van der Waals surface area contributed by atoms with Crippen LogP contribution in [0.1, 0.15) is 37.0 Å². The van der Waals surface area contributed by atoms with Gasteiger partial charge in [0.25, 0.3) is 10.2 Å². The van der Waals surface area contributed by atoms with E-state index in [1.165, 1.54) is 10.7 Å². The van der Waals surface area contributed by atoms with Gasteiger partial charge in [0.05, 0.1) is 0 Å². The summed E-state index contributed by atoms with van der Waals surface area (Å²) in [5.74, 6) is 0. The molecule has 0 N–H and O–H groups in total. The highest BCUT2D eigenvalue weighted by molar-refractivity contribution is 7.86. The molecule has 0 bridgehead atoms. The van der Waals surface area contributed by atoms with Gasteiger partial charge in [0.2, 0.25) is 0 Å². The minimum absolute atomic E-state index is 0.138. The van der Waals surface area contributed by atoms with Crippen LogP contribution >= 0.6 is 11.3 Å². The lowest BCUT2D eigenvalue weighted by Gasteiger charge is -2.34. The van der Waals surface area contributed by atoms with Gasteiger partial charge in [0, 0.05) is 31.1 Å². The van der Waals surface area contributed by atoms with Crippen LogP contribution < -0.4 is 0 Å². The largest absolute Gasteiger partial charge is 0.282 e. The van der Waals surface area contributed by atoms with Gasteiger partial charge >= 0.3 is 0 Å². The van der Waals surface area contributed by atoms with E-state index >= 15 is 0 Å². The Balaban J connectivity index is 2.13. The van der Waals surface area contributed by atoms with Crippen LogP contribution in [0, 0.1) is 0 Å². The van der Waals surface area contributed by atoms with Crippen LogP contribution in [0.2, 0.25) is 0 Å². The minimum atomic E-state index is -3.44. The van der Waals surface area contributed by atoms with Gasteiger partial charge in [-0.15, -0.1) is 17.9 Å². The Morgan fingerprint density at radius 2 is 2.10 bits per heavy atom. The summed E-state index contributed by atoms with van der Waals surface area (Å²) < 4.78 is 28.8. The average Bonchev–Trinajstić information content (AvgIpc) is 3.00. The second-order valence-electron chi connectivity index (χ2n) is 5.48. The van der Waals surface area contributed by atoms with Crippen molar-refractivity contribution in [3.05, 3.63) is 35.0 Å². The second kappa shape index (κ2) is 7.54. The molecule has 4 nitrogen and oxygen atoms in total. The Morgan fingerprint density at radius 3 is 2.67 bits per heavy atom. The molecule has 1 aliphatic carbocycles. The van der Waals surface area contributed by atoms with Gasteiger partial charge in [-0.3, -0.25) is 0 Å². The number of thiophene rings is 1. The third kappa shape index (κ3) is 4.16. The standard InChI is InChI=1S/C15H24N2O2S2/c1-3-11-17(13-15-10-7-12-20-15)21(18,19)16(2)14-8-5-4-6-9-14/h3,7,10,12,14H,1,4-6,8-9,11,13H2,2H3. The summed E-state index contributed by atoms with van der Waals surface area (Å²) in [5.41, 5.74) is 0. The van der Waals surface area contributed by atoms with E-state index in [0.717, 1.165) is 30.6 Å². The van der Waals surface area contributed by atoms with Gasteiger partial charge in [-0.2, -0.15) is 17.0 Å². The van der Waals surface area contributed by atoms with E-state index in [2.05, 4.69) is 6.58 Å². The fourth-order valence-electron chi connectivity index (χ4n) is 2.78. The van der Waals surface area contributed by atoms with Crippen molar-refractivity contribution in [3.8, 4) is 0 Å². The monoisotopic (exact) mass is 328 g/mol. The molecule has 1 aromatic heterocycles. The number of hydrogen-bond acceptors (Lipinski definition) is 3. The third-order valence-corrected chi connectivity index (χ3v) is 6.84. The van der Waals surface area contributed by atoms with Crippen molar-refractivity contribution in [2.45, 2.75) is 44.7 Å². The van der Waals surface area contributed by atoms with E-state index in [4.69, 9.17) is 0 Å². The maximum atomic E-state index is 12.9. The van der Waals surface area contributed by atoms with Crippen molar-refractivity contribution < 1.29 is 8.42 Å². The van der Waals surface area contributed by atoms with Crippen LogP contribution in [0.4, 0.5) is 0 Å². The Hall–Kier alpha value is -0.690. The molecule has 1 saturated carbocycles. The van der Waals surface area contributed by atoms with E-state index in [0.29, 0.717) is 13.1 Å². The number of rotatable bonds is 7. The van der Waals surface area contributed by atoms with Crippen LogP contribution in [0.5, 0.6) is 0 Å². The summed E-state index contributed by atoms with van der Waals surface area (Å²) in [6.45, 7) is 4.46. The molecule has 0 saturated heterocycles. The molecular weight excluding hydrogens is 304 g/mol. The first-order valence-corrected chi connectivity index (χ1v) is 9.69. The van der Waals surface area contributed by atoms with Crippen LogP contribution in [-0.4, -0.2) is 36.7 Å². The molecule has 1 aliphatic rings. The number of hydrogen-bond donors (Lipinski definition) is 0. The van der Waals surface area contributed by atoms with E-state index in [-0.39, 0.29) is 6.04 Å². The molecule has 0 radical (unpaired) electrons. The van der Waals surface area contributed by atoms with Crippen molar-refractivity contribution in [2.75, 3.05) is 13.6 Å². The lowest BCUT2D eigenvalue weighted by Crippen LogP contribution is -2.46. The zero-order valence-corrected chi connectivity index (χ0v) is 14.2. The van der Waals surface area contributed by atoms with Crippen molar-refractivity contribution in [1.82, 2.24) is 8.61 Å². The molecule has 0 amide bonds. The molecule has 1 fully saturated rings. The fourth-order valence-corrected chi connectivity index (χ4v) is 5.12. The molecule has 0 aromatic carbocycles. The molecule has 6 heteroatoms. The Bertz CT molecular complexity index is 534. The highest BCUT2D eigenvalue weighted by Gasteiger charge is 2.32. The van der Waals surface area contributed by atoms with Gasteiger partial charge in [0.15, 0.2) is 0 Å². The molecule has 1 aromatic rings. The first-order chi connectivity index (χ1) is 10.1. The predicted octanol–water partition coefficient (Wildman–Crippen LogP) is 3.25. The molecule has 0 atom stereocenters. The average molecular weight is 329 g/mol. The molecule has 0 aliphatic heterocycles. The van der Waals surface area contributed by atoms with Crippen molar-refractivity contribution in [3.63, 3.8) is 0 Å². The molecular formula is C15H24N2O2S2. The summed E-state index contributed by atoms with van der Waals surface area (Å²) in [4.78, 5) is 1.05. The van der Waals surface area contributed by atoms with Gasteiger partial charge < -0.3 is 0 Å². The van der Waals surface area contributed by atoms with Crippen LogP contribution in [0.15, 0.2) is 30.2 Å². The van der Waals surface area contributed by atoms with E-state index in [9.17, 15) is 8.42 Å². The highest BCUT2D eigenvalue weighted by Crippen LogP contribution is 2.25. The normalized spacial score (nSPS) is 17.5. The van der Waals surface area contributed by atoms with Gasteiger partial charge in [-0.1, -0.05) is 31.4 Å². The summed E-state index contributed by atoms with van der Waals surface area (Å²) >= 11 is 1.58. The van der Waals surface area contributed by atoms with Gasteiger partial charge in [0.1, 0.15) is 0 Å². The SMILES string of the molecule is C=CCN(Cc1cccs1)S(=O)(=O)N(C)C1CCCCC1. The highest BCUT2D eigenvalue weighted by atomic mass is 32.2. The zero-order valence-electron chi connectivity index (χ0n) is 12.6. The van der Waals surface area contributed by atoms with Crippen LogP contribution in [-0.2, 0) is 16.8 Å². The molecule has 0 unspecified atom stereocenters. The van der Waals surface area contributed by atoms with Gasteiger partial charge in [-0.25, -0.2) is 0 Å². The first-order valence-electron chi connectivity index (χ1n) is 7.42. The molecule has 2 rings (SSSR count). The maximum absolute atomic E-state index is 12.9.